The second kappa shape index (κ2) is 7.96. The number of aromatic nitrogens is 3. The highest BCUT2D eigenvalue weighted by Crippen LogP contribution is 2.37. The number of benzene rings is 1. The highest BCUT2D eigenvalue weighted by atomic mass is 35.5. The molecule has 11 heteroatoms. The Balaban J connectivity index is 1.97. The summed E-state index contributed by atoms with van der Waals surface area (Å²) in [4.78, 5) is 18.9. The zero-order valence-corrected chi connectivity index (χ0v) is 15.6. The molecule has 5 nitrogen and oxygen atoms in total. The highest BCUT2D eigenvalue weighted by Gasteiger charge is 2.31. The zero-order valence-electron chi connectivity index (χ0n) is 14.0. The van der Waals surface area contributed by atoms with E-state index in [-0.39, 0.29) is 29.4 Å². The Morgan fingerprint density at radius 3 is 2.68 bits per heavy atom. The third kappa shape index (κ3) is 4.56. The molecule has 0 amide bonds. The largest absolute Gasteiger partial charge is 0.481 e. The lowest BCUT2D eigenvalue weighted by Gasteiger charge is -2.10. The van der Waals surface area contributed by atoms with Gasteiger partial charge in [0.15, 0.2) is 5.16 Å². The molecule has 28 heavy (non-hydrogen) atoms. The summed E-state index contributed by atoms with van der Waals surface area (Å²) in [5.74, 6) is -1.47. The number of imidazole rings is 1. The van der Waals surface area contributed by atoms with Gasteiger partial charge >= 0.3 is 12.1 Å². The molecule has 3 rings (SSSR count). The average Bonchev–Trinajstić information content (AvgIpc) is 2.92. The van der Waals surface area contributed by atoms with E-state index >= 15 is 0 Å². The van der Waals surface area contributed by atoms with Crippen molar-refractivity contribution in [3.8, 4) is 0 Å². The summed E-state index contributed by atoms with van der Waals surface area (Å²) in [6, 6.07) is 4.72. The molecule has 0 fully saturated rings. The van der Waals surface area contributed by atoms with Gasteiger partial charge in [0.2, 0.25) is 0 Å². The molecule has 0 saturated heterocycles. The number of carboxylic acid groups (broad SMARTS) is 1. The maximum absolute atomic E-state index is 13.6. The van der Waals surface area contributed by atoms with Crippen LogP contribution in [0.25, 0.3) is 11.0 Å². The van der Waals surface area contributed by atoms with Crippen LogP contribution in [0.2, 0.25) is 5.02 Å². The van der Waals surface area contributed by atoms with Gasteiger partial charge in [0, 0.05) is 19.2 Å². The maximum atomic E-state index is 13.6. The monoisotopic (exact) mass is 433 g/mol. The van der Waals surface area contributed by atoms with Gasteiger partial charge in [-0.2, -0.15) is 13.2 Å². The van der Waals surface area contributed by atoms with E-state index in [1.807, 2.05) is 0 Å². The third-order valence-corrected chi connectivity index (χ3v) is 5.18. The number of aryl methyl sites for hydroxylation is 1. The molecule has 3 aromatic rings. The summed E-state index contributed by atoms with van der Waals surface area (Å²) < 4.78 is 53.5. The number of fused-ring (bicyclic) bond motifs is 1. The molecule has 0 bridgehead atoms. The Hall–Kier alpha value is -2.33. The Labute approximate surface area is 165 Å². The summed E-state index contributed by atoms with van der Waals surface area (Å²) in [6.45, 7) is 0.229. The van der Waals surface area contributed by atoms with Crippen LogP contribution < -0.4 is 0 Å². The first kappa shape index (κ1) is 20.4. The van der Waals surface area contributed by atoms with Crippen LogP contribution in [0, 0.1) is 5.82 Å². The topological polar surface area (TPSA) is 68.0 Å². The minimum atomic E-state index is -4.57. The second-order valence-corrected chi connectivity index (χ2v) is 7.15. The normalized spacial score (nSPS) is 11.9. The molecule has 0 saturated carbocycles. The molecule has 0 radical (unpaired) electrons. The number of halogens is 5. The van der Waals surface area contributed by atoms with Gasteiger partial charge in [-0.3, -0.25) is 4.79 Å². The first-order valence-electron chi connectivity index (χ1n) is 7.93. The fourth-order valence-corrected chi connectivity index (χ4v) is 3.66. The number of alkyl halides is 3. The lowest BCUT2D eigenvalue weighted by molar-refractivity contribution is -0.138. The van der Waals surface area contributed by atoms with Crippen LogP contribution in [0.4, 0.5) is 17.6 Å². The van der Waals surface area contributed by atoms with Crippen LogP contribution in [-0.4, -0.2) is 25.6 Å². The SMILES string of the molecule is O=C(O)CCCn1c(Sc2ncc(C(F)(F)F)cc2Cl)nc2ccc(F)cc21. The van der Waals surface area contributed by atoms with Crippen molar-refractivity contribution in [2.45, 2.75) is 35.7 Å². The quantitative estimate of drug-likeness (QED) is 0.537. The van der Waals surface area contributed by atoms with Crippen LogP contribution in [0.1, 0.15) is 18.4 Å². The lowest BCUT2D eigenvalue weighted by Crippen LogP contribution is -2.06. The van der Waals surface area contributed by atoms with Crippen LogP contribution in [0.5, 0.6) is 0 Å². The van der Waals surface area contributed by atoms with Crippen LogP contribution in [0.3, 0.4) is 0 Å². The highest BCUT2D eigenvalue weighted by molar-refractivity contribution is 7.99. The van der Waals surface area contributed by atoms with Crippen molar-refractivity contribution in [1.29, 1.82) is 0 Å². The van der Waals surface area contributed by atoms with Crippen LogP contribution in [-0.2, 0) is 17.5 Å². The number of hydrogen-bond donors (Lipinski definition) is 1. The summed E-state index contributed by atoms with van der Waals surface area (Å²) in [5, 5.41) is 9.05. The van der Waals surface area contributed by atoms with E-state index in [1.165, 1.54) is 18.2 Å². The minimum Gasteiger partial charge on any atom is -0.481 e. The van der Waals surface area contributed by atoms with E-state index < -0.39 is 23.5 Å². The number of nitrogens with zero attached hydrogens (tertiary/aromatic N) is 3. The average molecular weight is 434 g/mol. The van der Waals surface area contributed by atoms with Crippen molar-refractivity contribution in [3.05, 3.63) is 46.9 Å². The molecule has 2 heterocycles. The Kier molecular flexibility index (Phi) is 5.80. The number of carbonyl (C=O) groups is 1. The van der Waals surface area contributed by atoms with Crippen molar-refractivity contribution in [2.24, 2.45) is 0 Å². The summed E-state index contributed by atoms with van der Waals surface area (Å²) >= 11 is 6.87. The second-order valence-electron chi connectivity index (χ2n) is 5.79. The van der Waals surface area contributed by atoms with Crippen molar-refractivity contribution in [3.63, 3.8) is 0 Å². The number of rotatable bonds is 6. The van der Waals surface area contributed by atoms with Gasteiger partial charge in [-0.05, 0) is 42.4 Å². The number of pyridine rings is 1. The Bertz CT molecular complexity index is 1040. The van der Waals surface area contributed by atoms with Gasteiger partial charge in [-0.1, -0.05) is 11.6 Å². The molecular formula is C17H12ClF4N3O2S. The standard InChI is InChI=1S/C17H12ClF4N3O2S/c18-11-6-9(17(20,21)22)8-23-15(11)28-16-24-12-4-3-10(19)7-13(12)25(16)5-1-2-14(26)27/h3-4,6-8H,1-2,5H2,(H,26,27). The van der Waals surface area contributed by atoms with E-state index in [9.17, 15) is 22.4 Å². The maximum Gasteiger partial charge on any atom is 0.417 e. The summed E-state index contributed by atoms with van der Waals surface area (Å²) in [7, 11) is 0. The summed E-state index contributed by atoms with van der Waals surface area (Å²) in [5.41, 5.74) is -0.0722. The molecule has 0 spiro atoms. The predicted molar refractivity (Wildman–Crippen MR) is 94.9 cm³/mol. The lowest BCUT2D eigenvalue weighted by atomic mass is 10.3. The smallest absolute Gasteiger partial charge is 0.417 e. The molecular weight excluding hydrogens is 422 g/mol. The zero-order chi connectivity index (χ0) is 20.5. The van der Waals surface area contributed by atoms with Gasteiger partial charge in [-0.15, -0.1) is 0 Å². The summed E-state index contributed by atoms with van der Waals surface area (Å²) in [6.07, 6.45) is -3.73. The molecule has 0 aliphatic rings. The number of carboxylic acids is 1. The first-order chi connectivity index (χ1) is 13.1. The predicted octanol–water partition coefficient (Wildman–Crippen LogP) is 5.26. The van der Waals surface area contributed by atoms with Crippen LogP contribution >= 0.6 is 23.4 Å². The van der Waals surface area contributed by atoms with Crippen LogP contribution in [0.15, 0.2) is 40.6 Å². The Morgan fingerprint density at radius 2 is 2.04 bits per heavy atom. The third-order valence-electron chi connectivity index (χ3n) is 3.77. The van der Waals surface area contributed by atoms with Gasteiger partial charge < -0.3 is 9.67 Å². The minimum absolute atomic E-state index is 0.0988. The first-order valence-corrected chi connectivity index (χ1v) is 9.13. The van der Waals surface area contributed by atoms with Gasteiger partial charge in [0.05, 0.1) is 21.6 Å². The molecule has 1 aromatic carbocycles. The van der Waals surface area contributed by atoms with Crippen molar-refractivity contribution in [1.82, 2.24) is 14.5 Å². The molecule has 0 aliphatic carbocycles. The van der Waals surface area contributed by atoms with Crippen molar-refractivity contribution < 1.29 is 27.5 Å². The fraction of sp³-hybridized carbons (Fsp3) is 0.235. The van der Waals surface area contributed by atoms with E-state index in [1.54, 1.807) is 4.57 Å². The van der Waals surface area contributed by atoms with E-state index in [0.29, 0.717) is 22.4 Å². The van der Waals surface area contributed by atoms with Gasteiger partial charge in [0.1, 0.15) is 10.8 Å². The van der Waals surface area contributed by atoms with Crippen molar-refractivity contribution >= 4 is 40.4 Å². The number of aliphatic carboxylic acids is 1. The number of hydrogen-bond acceptors (Lipinski definition) is 4. The molecule has 2 aromatic heterocycles. The van der Waals surface area contributed by atoms with Gasteiger partial charge in [-0.25, -0.2) is 14.4 Å². The van der Waals surface area contributed by atoms with E-state index in [4.69, 9.17) is 16.7 Å². The van der Waals surface area contributed by atoms with Crippen molar-refractivity contribution in [2.75, 3.05) is 0 Å². The molecule has 0 atom stereocenters. The molecule has 1 N–H and O–H groups in total. The molecule has 0 aliphatic heterocycles. The van der Waals surface area contributed by atoms with E-state index in [0.717, 1.165) is 17.8 Å². The molecule has 148 valence electrons. The Morgan fingerprint density at radius 1 is 1.29 bits per heavy atom. The van der Waals surface area contributed by atoms with Gasteiger partial charge in [0.25, 0.3) is 0 Å². The van der Waals surface area contributed by atoms with E-state index in [2.05, 4.69) is 9.97 Å². The fourth-order valence-electron chi connectivity index (χ4n) is 2.50. The molecule has 0 unspecified atom stereocenters.